The lowest BCUT2D eigenvalue weighted by molar-refractivity contribution is -0.115. The smallest absolute Gasteiger partial charge is 0.296 e. The van der Waals surface area contributed by atoms with Gasteiger partial charge < -0.3 is 41.5 Å². The largest absolute Gasteiger partial charge is 0.383 e. The molecule has 3 amide bonds. The zero-order chi connectivity index (χ0) is 51.8. The van der Waals surface area contributed by atoms with Crippen LogP contribution in [0.1, 0.15) is 105 Å². The van der Waals surface area contributed by atoms with E-state index in [1.807, 2.05) is 32.9 Å². The first-order chi connectivity index (χ1) is 35.6. The molecule has 4 aromatic carbocycles. The number of halogens is 4. The van der Waals surface area contributed by atoms with Gasteiger partial charge in [0.15, 0.2) is 0 Å². The first kappa shape index (κ1) is 50.9. The lowest BCUT2D eigenvalue weighted by Gasteiger charge is -2.35. The van der Waals surface area contributed by atoms with Gasteiger partial charge in [0, 0.05) is 118 Å². The van der Waals surface area contributed by atoms with Crippen LogP contribution in [0.2, 0.25) is 5.02 Å². The van der Waals surface area contributed by atoms with Crippen LogP contribution >= 0.6 is 22.9 Å². The van der Waals surface area contributed by atoms with Crippen molar-refractivity contribution in [3.63, 3.8) is 0 Å². The Morgan fingerprint density at radius 1 is 0.878 bits per heavy atom. The predicted octanol–water partition coefficient (Wildman–Crippen LogP) is 8.81. The summed E-state index contributed by atoms with van der Waals surface area (Å²) >= 11 is 7.68. The average molecular weight is 1040 g/mol. The van der Waals surface area contributed by atoms with Gasteiger partial charge in [-0.05, 0) is 129 Å². The van der Waals surface area contributed by atoms with E-state index < -0.39 is 53.0 Å². The molecule has 384 valence electrons. The van der Waals surface area contributed by atoms with Crippen LogP contribution in [0.3, 0.4) is 0 Å². The molecule has 1 unspecified atom stereocenters. The van der Waals surface area contributed by atoms with Crippen LogP contribution in [0.5, 0.6) is 0 Å². The molecule has 2 saturated heterocycles. The number of pyridine rings is 1. The molecule has 6 N–H and O–H groups in total. The van der Waals surface area contributed by atoms with Crippen LogP contribution in [-0.2, 0) is 36.1 Å². The summed E-state index contributed by atoms with van der Waals surface area (Å²) in [4.78, 5) is 50.1. The topological polar surface area (TPSA) is 151 Å². The van der Waals surface area contributed by atoms with Crippen molar-refractivity contribution >= 4 is 67.9 Å². The molecule has 17 heteroatoms. The van der Waals surface area contributed by atoms with Crippen LogP contribution in [0.4, 0.5) is 30.2 Å². The van der Waals surface area contributed by atoms with Gasteiger partial charge in [-0.2, -0.15) is 0 Å². The third kappa shape index (κ3) is 10.7. The zero-order valence-electron chi connectivity index (χ0n) is 41.4. The first-order valence-corrected chi connectivity index (χ1v) is 26.4. The number of thiophene rings is 1. The van der Waals surface area contributed by atoms with E-state index in [2.05, 4.69) is 61.5 Å². The van der Waals surface area contributed by atoms with Gasteiger partial charge in [0.2, 0.25) is 0 Å². The van der Waals surface area contributed by atoms with E-state index >= 15 is 8.78 Å². The van der Waals surface area contributed by atoms with Crippen molar-refractivity contribution in [2.75, 3.05) is 41.3 Å². The summed E-state index contributed by atoms with van der Waals surface area (Å²) < 4.78 is 45.3. The van der Waals surface area contributed by atoms with E-state index in [4.69, 9.17) is 16.6 Å². The van der Waals surface area contributed by atoms with Gasteiger partial charge in [-0.1, -0.05) is 49.6 Å². The SMILES string of the molecule is Cc1ccc2c(NCCCCNC(=O)C#Cc3cc(F)c(CNC(=O)c4ccc5c(c4)N(Cc4c(F)cccc4Cl)C(O)C5(C)C)c(F)c3)c(C(=O)N[C@H]3CCc4cc(N5C[C@H]6CC[C@@H](C5)N6)ccc4C3)sc2n1. The highest BCUT2D eigenvalue weighted by molar-refractivity contribution is 7.21. The molecule has 1 aliphatic carbocycles. The van der Waals surface area contributed by atoms with Crippen molar-refractivity contribution in [3.8, 4) is 11.8 Å². The Morgan fingerprint density at radius 2 is 1.65 bits per heavy atom. The minimum Gasteiger partial charge on any atom is -0.383 e. The Kier molecular flexibility index (Phi) is 14.6. The maximum absolute atomic E-state index is 15.3. The minimum absolute atomic E-state index is 0.0112. The number of fused-ring (bicyclic) bond motifs is 5. The summed E-state index contributed by atoms with van der Waals surface area (Å²) in [6.07, 6.45) is 5.23. The Labute approximate surface area is 437 Å². The van der Waals surface area contributed by atoms with Gasteiger partial charge in [-0.25, -0.2) is 18.2 Å². The number of carbonyl (C=O) groups is 3. The van der Waals surface area contributed by atoms with Crippen molar-refractivity contribution < 1.29 is 32.7 Å². The molecular formula is C57H58ClF3N8O4S. The fraction of sp³-hybridized carbons (Fsp3) is 0.368. The van der Waals surface area contributed by atoms with Crippen molar-refractivity contribution in [1.29, 1.82) is 0 Å². The number of aromatic nitrogens is 1. The van der Waals surface area contributed by atoms with E-state index in [0.717, 1.165) is 71.6 Å². The number of carbonyl (C=O) groups excluding carboxylic acids is 3. The molecule has 10 rings (SSSR count). The molecule has 0 spiro atoms. The molecule has 0 saturated carbocycles. The first-order valence-electron chi connectivity index (χ1n) is 25.3. The van der Waals surface area contributed by atoms with Crippen molar-refractivity contribution in [2.24, 2.45) is 0 Å². The predicted molar refractivity (Wildman–Crippen MR) is 284 cm³/mol. The minimum atomic E-state index is -1.06. The molecule has 12 nitrogen and oxygen atoms in total. The standard InChI is InChI=1S/C57H58ClF3N8O4S/c1-32-9-18-41-51(52(74-55(41)65-32)54(72)67-37-14-11-35-26-40(17-12-34(35)25-37)68-29-38-15-16-39(30-68)66-38)63-22-5-4-21-62-50(70)20-10-33-23-47(60)42(48(61)24-33)28-64-53(71)36-13-19-44-49(27-36)69(56(73)57(44,2)3)31-43-45(58)7-6-8-46(43)59/h6-9,12-13,17-19,23-24,26-27,37-39,56,63,66,73H,4-5,11,14-16,21-22,25,28-31H2,1-3H3,(H,62,70)(H,64,71)(H,67,72)/t37-,38-,39+,56?/m0/s1. The van der Waals surface area contributed by atoms with Crippen molar-refractivity contribution in [1.82, 2.24) is 26.3 Å². The van der Waals surface area contributed by atoms with Gasteiger partial charge in [0.1, 0.15) is 33.4 Å². The molecule has 2 bridgehead atoms. The van der Waals surface area contributed by atoms with E-state index in [1.165, 1.54) is 53.1 Å². The second-order valence-corrected chi connectivity index (χ2v) is 21.8. The van der Waals surface area contributed by atoms with E-state index in [1.54, 1.807) is 29.2 Å². The lowest BCUT2D eigenvalue weighted by atomic mass is 9.85. The summed E-state index contributed by atoms with van der Waals surface area (Å²) in [5, 5.41) is 28.2. The monoisotopic (exact) mass is 1040 g/mol. The number of benzene rings is 4. The number of aliphatic hydroxyl groups is 1. The number of hydrogen-bond acceptors (Lipinski definition) is 10. The van der Waals surface area contributed by atoms with E-state index in [-0.39, 0.29) is 40.2 Å². The van der Waals surface area contributed by atoms with Gasteiger partial charge in [0.25, 0.3) is 17.7 Å². The zero-order valence-corrected chi connectivity index (χ0v) is 43.0. The number of piperazine rings is 1. The number of nitrogens with one attached hydrogen (secondary N) is 5. The van der Waals surface area contributed by atoms with Crippen molar-refractivity contribution in [2.45, 2.75) is 109 Å². The summed E-state index contributed by atoms with van der Waals surface area (Å²) in [6.45, 7) is 7.97. The molecule has 2 fully saturated rings. The summed E-state index contributed by atoms with van der Waals surface area (Å²) in [7, 11) is 0. The lowest BCUT2D eigenvalue weighted by Crippen LogP contribution is -2.51. The van der Waals surface area contributed by atoms with E-state index in [0.29, 0.717) is 48.6 Å². The molecule has 4 atom stereocenters. The molecule has 5 heterocycles. The average Bonchev–Trinajstić information content (AvgIpc) is 3.98. The number of aryl methyl sites for hydroxylation is 2. The van der Waals surface area contributed by atoms with Gasteiger partial charge in [0.05, 0.1) is 5.69 Å². The number of aliphatic hydroxyl groups excluding tert-OH is 1. The number of hydrogen-bond donors (Lipinski definition) is 6. The fourth-order valence-corrected chi connectivity index (χ4v) is 12.1. The highest BCUT2D eigenvalue weighted by Crippen LogP contribution is 2.46. The molecule has 0 radical (unpaired) electrons. The highest BCUT2D eigenvalue weighted by atomic mass is 35.5. The van der Waals surface area contributed by atoms with Gasteiger partial charge in [-0.3, -0.25) is 14.4 Å². The number of amides is 3. The normalized spacial score (nSPS) is 19.4. The van der Waals surface area contributed by atoms with Crippen LogP contribution in [0.15, 0.2) is 78.9 Å². The maximum Gasteiger partial charge on any atom is 0.296 e. The number of rotatable bonds is 14. The Bertz CT molecular complexity index is 3190. The maximum atomic E-state index is 15.3. The summed E-state index contributed by atoms with van der Waals surface area (Å²) in [6, 6.07) is 23.1. The Balaban J connectivity index is 0.694. The van der Waals surface area contributed by atoms with Crippen LogP contribution in [0, 0.1) is 36.2 Å². The summed E-state index contributed by atoms with van der Waals surface area (Å²) in [5.74, 6) is 1.11. The van der Waals surface area contributed by atoms with Crippen molar-refractivity contribution in [3.05, 3.63) is 151 Å². The highest BCUT2D eigenvalue weighted by Gasteiger charge is 2.44. The Morgan fingerprint density at radius 3 is 2.42 bits per heavy atom. The second kappa shape index (κ2) is 21.3. The number of anilines is 3. The molecular weight excluding hydrogens is 985 g/mol. The van der Waals surface area contributed by atoms with Gasteiger partial charge >= 0.3 is 0 Å². The van der Waals surface area contributed by atoms with Crippen LogP contribution in [-0.4, -0.2) is 78.3 Å². The summed E-state index contributed by atoms with van der Waals surface area (Å²) in [5.41, 5.74) is 5.89. The molecule has 2 aromatic heterocycles. The Hall–Kier alpha value is -6.64. The van der Waals surface area contributed by atoms with Gasteiger partial charge in [-0.15, -0.1) is 11.3 Å². The molecule has 4 aliphatic rings. The van der Waals surface area contributed by atoms with Crippen LogP contribution < -0.4 is 36.4 Å². The number of unbranched alkanes of at least 4 members (excludes halogenated alkanes) is 1. The third-order valence-electron chi connectivity index (χ3n) is 14.9. The quantitative estimate of drug-likeness (QED) is 0.0465. The molecule has 6 aromatic rings. The second-order valence-electron chi connectivity index (χ2n) is 20.4. The molecule has 3 aliphatic heterocycles. The number of nitrogens with zero attached hydrogens (tertiary/aromatic N) is 3. The van der Waals surface area contributed by atoms with Crippen LogP contribution in [0.25, 0.3) is 10.2 Å². The third-order valence-corrected chi connectivity index (χ3v) is 16.4. The molecule has 74 heavy (non-hydrogen) atoms. The van der Waals surface area contributed by atoms with E-state index in [9.17, 15) is 23.9 Å². The fourth-order valence-electron chi connectivity index (χ4n) is 10.8.